The number of amides is 1. The molecule has 1 N–H and O–H groups in total. The quantitative estimate of drug-likeness (QED) is 0.909. The predicted octanol–water partition coefficient (Wildman–Crippen LogP) is 2.17. The average Bonchev–Trinajstić information content (AvgIpc) is 2.45. The summed E-state index contributed by atoms with van der Waals surface area (Å²) < 4.78 is 13.7. The number of hydrogen-bond acceptors (Lipinski definition) is 2. The Kier molecular flexibility index (Phi) is 3.03. The van der Waals surface area contributed by atoms with Gasteiger partial charge in [-0.15, -0.1) is 0 Å². The molecule has 0 atom stereocenters. The van der Waals surface area contributed by atoms with Crippen molar-refractivity contribution in [3.63, 3.8) is 0 Å². The van der Waals surface area contributed by atoms with Crippen LogP contribution in [0.5, 0.6) is 0 Å². The summed E-state index contributed by atoms with van der Waals surface area (Å²) in [6.45, 7) is 0.226. The second kappa shape index (κ2) is 4.72. The van der Waals surface area contributed by atoms with Crippen LogP contribution in [-0.2, 0) is 5.60 Å². The van der Waals surface area contributed by atoms with Gasteiger partial charge in [0, 0.05) is 11.1 Å². The van der Waals surface area contributed by atoms with Gasteiger partial charge in [-0.2, -0.15) is 0 Å². The summed E-state index contributed by atoms with van der Waals surface area (Å²) in [7, 11) is 0. The van der Waals surface area contributed by atoms with E-state index in [0.29, 0.717) is 5.56 Å². The molecule has 1 amide bonds. The van der Waals surface area contributed by atoms with Gasteiger partial charge in [-0.05, 0) is 18.2 Å². The molecular formula is C16H14FNO2. The highest BCUT2D eigenvalue weighted by Crippen LogP contribution is 2.34. The highest BCUT2D eigenvalue weighted by Gasteiger charge is 2.46. The molecular weight excluding hydrogens is 257 g/mol. The highest BCUT2D eigenvalue weighted by atomic mass is 19.1. The number of hydrogen-bond donors (Lipinski definition) is 1. The van der Waals surface area contributed by atoms with E-state index < -0.39 is 11.4 Å². The van der Waals surface area contributed by atoms with Crippen molar-refractivity contribution in [2.75, 3.05) is 13.1 Å². The summed E-state index contributed by atoms with van der Waals surface area (Å²) >= 11 is 0. The van der Waals surface area contributed by atoms with Crippen molar-refractivity contribution in [1.29, 1.82) is 0 Å². The third-order valence-electron chi connectivity index (χ3n) is 3.59. The lowest BCUT2D eigenvalue weighted by Gasteiger charge is -2.46. The third kappa shape index (κ3) is 2.08. The van der Waals surface area contributed by atoms with E-state index in [1.807, 2.05) is 6.07 Å². The Labute approximate surface area is 116 Å². The van der Waals surface area contributed by atoms with E-state index in [-0.39, 0.29) is 24.6 Å². The van der Waals surface area contributed by atoms with Crippen LogP contribution in [0.15, 0.2) is 54.6 Å². The summed E-state index contributed by atoms with van der Waals surface area (Å²) in [5.74, 6) is -0.589. The van der Waals surface area contributed by atoms with Gasteiger partial charge in [0.1, 0.15) is 11.4 Å². The molecule has 0 spiro atoms. The molecule has 0 bridgehead atoms. The fourth-order valence-corrected chi connectivity index (χ4v) is 2.50. The number of halogens is 1. The van der Waals surface area contributed by atoms with Crippen LogP contribution < -0.4 is 0 Å². The number of carbonyl (C=O) groups excluding carboxylic acids is 1. The Morgan fingerprint density at radius 2 is 1.65 bits per heavy atom. The number of aliphatic hydroxyl groups is 1. The smallest absolute Gasteiger partial charge is 0.254 e. The SMILES string of the molecule is O=C(c1ccccc1)N1CC(O)(c2ccccc2F)C1. The zero-order valence-corrected chi connectivity index (χ0v) is 10.8. The highest BCUT2D eigenvalue weighted by molar-refractivity contribution is 5.94. The minimum atomic E-state index is -1.28. The van der Waals surface area contributed by atoms with E-state index >= 15 is 0 Å². The Balaban J connectivity index is 1.75. The fraction of sp³-hybridized carbons (Fsp3) is 0.188. The lowest BCUT2D eigenvalue weighted by Crippen LogP contribution is -2.61. The second-order valence-corrected chi connectivity index (χ2v) is 5.04. The topological polar surface area (TPSA) is 40.5 Å². The third-order valence-corrected chi connectivity index (χ3v) is 3.59. The van der Waals surface area contributed by atoms with Crippen molar-refractivity contribution in [3.8, 4) is 0 Å². The molecule has 2 aromatic rings. The second-order valence-electron chi connectivity index (χ2n) is 5.04. The molecule has 3 nitrogen and oxygen atoms in total. The minimum Gasteiger partial charge on any atom is -0.381 e. The van der Waals surface area contributed by atoms with Gasteiger partial charge in [-0.1, -0.05) is 36.4 Å². The zero-order valence-electron chi connectivity index (χ0n) is 10.8. The molecule has 20 heavy (non-hydrogen) atoms. The number of rotatable bonds is 2. The molecule has 1 heterocycles. The van der Waals surface area contributed by atoms with Crippen molar-refractivity contribution in [2.45, 2.75) is 5.60 Å². The van der Waals surface area contributed by atoms with E-state index in [0.717, 1.165) is 0 Å². The number of likely N-dealkylation sites (tertiary alicyclic amines) is 1. The molecule has 3 rings (SSSR count). The Morgan fingerprint density at radius 1 is 1.05 bits per heavy atom. The van der Waals surface area contributed by atoms with Gasteiger partial charge < -0.3 is 10.0 Å². The molecule has 1 fully saturated rings. The largest absolute Gasteiger partial charge is 0.381 e. The van der Waals surface area contributed by atoms with Gasteiger partial charge in [-0.25, -0.2) is 4.39 Å². The van der Waals surface area contributed by atoms with Crippen LogP contribution in [0.25, 0.3) is 0 Å². The van der Waals surface area contributed by atoms with Crippen LogP contribution in [0.4, 0.5) is 4.39 Å². The Morgan fingerprint density at radius 3 is 2.30 bits per heavy atom. The van der Waals surface area contributed by atoms with E-state index in [1.54, 1.807) is 42.5 Å². The summed E-state index contributed by atoms with van der Waals surface area (Å²) in [6.07, 6.45) is 0. The Hall–Kier alpha value is -2.20. The Bertz CT molecular complexity index is 636. The van der Waals surface area contributed by atoms with Crippen molar-refractivity contribution >= 4 is 5.91 Å². The first-order chi connectivity index (χ1) is 9.60. The fourth-order valence-electron chi connectivity index (χ4n) is 2.50. The van der Waals surface area contributed by atoms with E-state index in [1.165, 1.54) is 11.0 Å². The van der Waals surface area contributed by atoms with Crippen LogP contribution in [-0.4, -0.2) is 29.0 Å². The summed E-state index contributed by atoms with van der Waals surface area (Å²) in [4.78, 5) is 13.7. The molecule has 0 unspecified atom stereocenters. The number of β-amino-alcohol motifs (C(OH)–C–C–N with tert-alkyl or cyclic N) is 1. The number of benzene rings is 2. The maximum absolute atomic E-state index is 13.7. The van der Waals surface area contributed by atoms with E-state index in [2.05, 4.69) is 0 Å². The number of carbonyl (C=O) groups is 1. The van der Waals surface area contributed by atoms with E-state index in [4.69, 9.17) is 0 Å². The minimum absolute atomic E-state index is 0.113. The maximum Gasteiger partial charge on any atom is 0.254 e. The van der Waals surface area contributed by atoms with E-state index in [9.17, 15) is 14.3 Å². The standard InChI is InChI=1S/C16H14FNO2/c17-14-9-5-4-8-13(14)16(20)10-18(11-16)15(19)12-6-2-1-3-7-12/h1-9,20H,10-11H2. The maximum atomic E-state index is 13.7. The monoisotopic (exact) mass is 271 g/mol. The number of nitrogens with zero attached hydrogens (tertiary/aromatic N) is 1. The molecule has 0 saturated carbocycles. The molecule has 2 aromatic carbocycles. The molecule has 1 aliphatic heterocycles. The van der Waals surface area contributed by atoms with Crippen LogP contribution in [0.3, 0.4) is 0 Å². The lowest BCUT2D eigenvalue weighted by molar-refractivity contribution is -0.0884. The zero-order chi connectivity index (χ0) is 14.2. The first kappa shape index (κ1) is 12.8. The van der Waals surface area contributed by atoms with Gasteiger partial charge in [0.2, 0.25) is 0 Å². The van der Waals surface area contributed by atoms with Crippen molar-refractivity contribution < 1.29 is 14.3 Å². The van der Waals surface area contributed by atoms with Crippen LogP contribution in [0, 0.1) is 5.82 Å². The molecule has 4 heteroatoms. The van der Waals surface area contributed by atoms with Gasteiger partial charge >= 0.3 is 0 Å². The van der Waals surface area contributed by atoms with Gasteiger partial charge in [-0.3, -0.25) is 4.79 Å². The van der Waals surface area contributed by atoms with Gasteiger partial charge in [0.15, 0.2) is 0 Å². The summed E-state index contributed by atoms with van der Waals surface area (Å²) in [5, 5.41) is 10.4. The molecule has 0 aliphatic carbocycles. The summed E-state index contributed by atoms with van der Waals surface area (Å²) in [6, 6.07) is 15.0. The normalized spacial score (nSPS) is 16.6. The van der Waals surface area contributed by atoms with Crippen molar-refractivity contribution in [3.05, 3.63) is 71.5 Å². The predicted molar refractivity (Wildman–Crippen MR) is 72.6 cm³/mol. The first-order valence-corrected chi connectivity index (χ1v) is 6.42. The first-order valence-electron chi connectivity index (χ1n) is 6.42. The lowest BCUT2D eigenvalue weighted by atomic mass is 9.85. The average molecular weight is 271 g/mol. The van der Waals surface area contributed by atoms with Gasteiger partial charge in [0.25, 0.3) is 5.91 Å². The van der Waals surface area contributed by atoms with Crippen molar-refractivity contribution in [2.24, 2.45) is 0 Å². The summed E-state index contributed by atoms with van der Waals surface area (Å²) in [5.41, 5.74) is -0.462. The van der Waals surface area contributed by atoms with Gasteiger partial charge in [0.05, 0.1) is 13.1 Å². The molecule has 1 aliphatic rings. The van der Waals surface area contributed by atoms with Crippen molar-refractivity contribution in [1.82, 2.24) is 4.90 Å². The van der Waals surface area contributed by atoms with Crippen LogP contribution in [0.1, 0.15) is 15.9 Å². The molecule has 0 aromatic heterocycles. The molecule has 1 saturated heterocycles. The van der Waals surface area contributed by atoms with Crippen LogP contribution >= 0.6 is 0 Å². The molecule has 102 valence electrons. The van der Waals surface area contributed by atoms with Crippen LogP contribution in [0.2, 0.25) is 0 Å². The molecule has 0 radical (unpaired) electrons.